The maximum Gasteiger partial charge on any atom is 0.150 e. The van der Waals surface area contributed by atoms with Gasteiger partial charge in [0, 0.05) is 16.5 Å². The van der Waals surface area contributed by atoms with E-state index in [9.17, 15) is 8.78 Å². The second kappa shape index (κ2) is 3.64. The maximum atomic E-state index is 13.6. The van der Waals surface area contributed by atoms with Crippen LogP contribution in [0.15, 0.2) is 11.0 Å². The maximum absolute atomic E-state index is 13.6. The van der Waals surface area contributed by atoms with Crippen molar-refractivity contribution in [2.45, 2.75) is 30.2 Å². The van der Waals surface area contributed by atoms with Crippen molar-refractivity contribution in [1.82, 2.24) is 0 Å². The van der Waals surface area contributed by atoms with Gasteiger partial charge in [-0.15, -0.1) is 0 Å². The number of nitrogens with two attached hydrogens (primary N) is 1. The van der Waals surface area contributed by atoms with Crippen LogP contribution >= 0.6 is 11.8 Å². The zero-order valence-corrected chi connectivity index (χ0v) is 9.29. The lowest BCUT2D eigenvalue weighted by atomic mass is 10.0. The van der Waals surface area contributed by atoms with Crippen molar-refractivity contribution in [3.8, 4) is 0 Å². The number of nitrogens with one attached hydrogen (secondary N) is 1. The van der Waals surface area contributed by atoms with Gasteiger partial charge in [-0.25, -0.2) is 8.78 Å². The first-order chi connectivity index (χ1) is 7.00. The second-order valence-corrected chi connectivity index (χ2v) is 4.95. The van der Waals surface area contributed by atoms with E-state index in [-0.39, 0.29) is 5.92 Å². The summed E-state index contributed by atoms with van der Waals surface area (Å²) in [5.74, 6) is -1.06. The van der Waals surface area contributed by atoms with Gasteiger partial charge in [0.15, 0.2) is 0 Å². The van der Waals surface area contributed by atoms with Crippen LogP contribution in [0.1, 0.15) is 25.3 Å². The van der Waals surface area contributed by atoms with Gasteiger partial charge in [0.25, 0.3) is 0 Å². The quantitative estimate of drug-likeness (QED) is 0.779. The number of hydrogen-bond donors (Lipinski definition) is 2. The van der Waals surface area contributed by atoms with Crippen molar-refractivity contribution >= 4 is 17.4 Å². The first-order valence-corrected chi connectivity index (χ1v) is 5.59. The Morgan fingerprint density at radius 3 is 2.67 bits per heavy atom. The van der Waals surface area contributed by atoms with Crippen LogP contribution in [-0.2, 0) is 0 Å². The topological polar surface area (TPSA) is 38.0 Å². The van der Waals surface area contributed by atoms with Crippen LogP contribution in [-0.4, -0.2) is 5.50 Å². The molecule has 0 aliphatic carbocycles. The third-order valence-corrected chi connectivity index (χ3v) is 3.36. The largest absolute Gasteiger partial charge is 0.358 e. The van der Waals surface area contributed by atoms with Gasteiger partial charge in [-0.1, -0.05) is 25.6 Å². The Kier molecular flexibility index (Phi) is 2.60. The third kappa shape index (κ3) is 1.70. The highest BCUT2D eigenvalue weighted by Gasteiger charge is 2.28. The minimum Gasteiger partial charge on any atom is -0.358 e. The van der Waals surface area contributed by atoms with E-state index in [4.69, 9.17) is 5.73 Å². The third-order valence-electron chi connectivity index (χ3n) is 2.33. The van der Waals surface area contributed by atoms with Gasteiger partial charge in [0.1, 0.15) is 17.1 Å². The highest BCUT2D eigenvalue weighted by molar-refractivity contribution is 8.00. The summed E-state index contributed by atoms with van der Waals surface area (Å²) in [6.45, 7) is 3.75. The van der Waals surface area contributed by atoms with Crippen molar-refractivity contribution in [2.75, 3.05) is 5.32 Å². The number of hydrogen-bond acceptors (Lipinski definition) is 3. The van der Waals surface area contributed by atoms with Crippen molar-refractivity contribution < 1.29 is 8.78 Å². The standard InChI is InChI=1S/C10H12F2N2S/c1-4(2)7-5(11)3-6(12)8-9(7)15-10(13)14-8/h3-4,10,14H,13H2,1-2H3. The van der Waals surface area contributed by atoms with Crippen LogP contribution in [0.2, 0.25) is 0 Å². The lowest BCUT2D eigenvalue weighted by Crippen LogP contribution is -2.21. The lowest BCUT2D eigenvalue weighted by molar-refractivity contribution is 0.559. The molecular weight excluding hydrogens is 218 g/mol. The summed E-state index contributed by atoms with van der Waals surface area (Å²) in [5.41, 5.74) is 6.11. The summed E-state index contributed by atoms with van der Waals surface area (Å²) in [5, 5.41) is 2.79. The highest BCUT2D eigenvalue weighted by atomic mass is 32.2. The first-order valence-electron chi connectivity index (χ1n) is 4.71. The summed E-state index contributed by atoms with van der Waals surface area (Å²) in [7, 11) is 0. The summed E-state index contributed by atoms with van der Waals surface area (Å²) >= 11 is 1.26. The molecule has 0 saturated heterocycles. The van der Waals surface area contributed by atoms with Gasteiger partial charge < -0.3 is 11.1 Å². The molecule has 15 heavy (non-hydrogen) atoms. The van der Waals surface area contributed by atoms with Gasteiger partial charge in [0.05, 0.1) is 5.69 Å². The highest BCUT2D eigenvalue weighted by Crippen LogP contribution is 2.44. The average Bonchev–Trinajstić information content (AvgIpc) is 2.45. The Hall–Kier alpha value is -0.810. The fourth-order valence-corrected chi connectivity index (χ4v) is 2.87. The average molecular weight is 230 g/mol. The normalized spacial score (nSPS) is 19.2. The number of benzene rings is 1. The van der Waals surface area contributed by atoms with Crippen molar-refractivity contribution in [2.24, 2.45) is 5.73 Å². The molecule has 1 aromatic carbocycles. The van der Waals surface area contributed by atoms with Crippen LogP contribution in [0.4, 0.5) is 14.5 Å². The summed E-state index contributed by atoms with van der Waals surface area (Å²) < 4.78 is 27.0. The summed E-state index contributed by atoms with van der Waals surface area (Å²) in [6.07, 6.45) is 0. The number of anilines is 1. The van der Waals surface area contributed by atoms with Crippen LogP contribution in [0, 0.1) is 11.6 Å². The lowest BCUT2D eigenvalue weighted by Gasteiger charge is -2.12. The van der Waals surface area contributed by atoms with E-state index < -0.39 is 17.1 Å². The van der Waals surface area contributed by atoms with Gasteiger partial charge in [0.2, 0.25) is 0 Å². The molecule has 1 aliphatic heterocycles. The predicted molar refractivity (Wildman–Crippen MR) is 57.9 cm³/mol. The molecule has 82 valence electrons. The molecule has 2 rings (SSSR count). The number of fused-ring (bicyclic) bond motifs is 1. The Labute approximate surface area is 91.2 Å². The molecule has 3 N–H and O–H groups in total. The van der Waals surface area contributed by atoms with E-state index >= 15 is 0 Å². The van der Waals surface area contributed by atoms with Gasteiger partial charge in [-0.2, -0.15) is 0 Å². The van der Waals surface area contributed by atoms with Gasteiger partial charge in [-0.05, 0) is 5.92 Å². The molecule has 0 radical (unpaired) electrons. The minimum absolute atomic E-state index is 0.0129. The molecule has 1 atom stereocenters. The first kappa shape index (κ1) is 10.7. The fourth-order valence-electron chi connectivity index (χ4n) is 1.71. The molecule has 1 aliphatic rings. The van der Waals surface area contributed by atoms with Crippen molar-refractivity contribution in [3.63, 3.8) is 0 Å². The van der Waals surface area contributed by atoms with E-state index in [0.29, 0.717) is 16.1 Å². The predicted octanol–water partition coefficient (Wildman–Crippen LogP) is 2.85. The Bertz CT molecular complexity index is 407. The molecule has 5 heteroatoms. The molecular formula is C10H12F2N2S. The van der Waals surface area contributed by atoms with Crippen molar-refractivity contribution in [1.29, 1.82) is 0 Å². The summed E-state index contributed by atoms with van der Waals surface area (Å²) in [4.78, 5) is 0.606. The van der Waals surface area contributed by atoms with E-state index in [2.05, 4.69) is 5.32 Å². The molecule has 0 fully saturated rings. The Morgan fingerprint density at radius 1 is 1.40 bits per heavy atom. The Morgan fingerprint density at radius 2 is 2.07 bits per heavy atom. The second-order valence-electron chi connectivity index (χ2n) is 3.80. The molecule has 0 amide bonds. The molecule has 0 saturated carbocycles. The minimum atomic E-state index is -0.577. The van der Waals surface area contributed by atoms with E-state index in [1.54, 1.807) is 0 Å². The molecule has 2 nitrogen and oxygen atoms in total. The number of rotatable bonds is 1. The SMILES string of the molecule is CC(C)c1c(F)cc(F)c2c1SC(N)N2. The van der Waals surface area contributed by atoms with Gasteiger partial charge >= 0.3 is 0 Å². The molecule has 1 aromatic rings. The molecule has 0 spiro atoms. The summed E-state index contributed by atoms with van der Waals surface area (Å²) in [6, 6.07) is 0.916. The molecule has 1 unspecified atom stereocenters. The van der Waals surface area contributed by atoms with E-state index in [0.717, 1.165) is 6.07 Å². The number of halogens is 2. The molecule has 0 bridgehead atoms. The zero-order chi connectivity index (χ0) is 11.2. The van der Waals surface area contributed by atoms with Crippen LogP contribution in [0.25, 0.3) is 0 Å². The fraction of sp³-hybridized carbons (Fsp3) is 0.400. The van der Waals surface area contributed by atoms with Crippen LogP contribution < -0.4 is 11.1 Å². The monoisotopic (exact) mass is 230 g/mol. The molecule has 0 aromatic heterocycles. The zero-order valence-electron chi connectivity index (χ0n) is 8.47. The van der Waals surface area contributed by atoms with Gasteiger partial charge in [-0.3, -0.25) is 0 Å². The number of thioether (sulfide) groups is 1. The molecule has 1 heterocycles. The van der Waals surface area contributed by atoms with E-state index in [1.165, 1.54) is 11.8 Å². The smallest absolute Gasteiger partial charge is 0.150 e. The van der Waals surface area contributed by atoms with E-state index in [1.807, 2.05) is 13.8 Å². The van der Waals surface area contributed by atoms with Crippen LogP contribution in [0.3, 0.4) is 0 Å². The van der Waals surface area contributed by atoms with Crippen molar-refractivity contribution in [3.05, 3.63) is 23.3 Å². The van der Waals surface area contributed by atoms with Crippen LogP contribution in [0.5, 0.6) is 0 Å². The Balaban J connectivity index is 2.63.